The number of halogens is 5. The average Bonchev–Trinajstić information content (AvgIpc) is 3.15. The van der Waals surface area contributed by atoms with Crippen LogP contribution in [0.25, 0.3) is 15.9 Å². The van der Waals surface area contributed by atoms with Gasteiger partial charge in [0, 0.05) is 23.1 Å². The van der Waals surface area contributed by atoms with Gasteiger partial charge in [0.05, 0.1) is 17.6 Å². The molecule has 0 saturated carbocycles. The molecule has 3 heterocycles. The highest BCUT2D eigenvalue weighted by atomic mass is 32.1. The number of aromatic nitrogens is 2. The molecule has 4 aromatic rings. The van der Waals surface area contributed by atoms with Crippen LogP contribution >= 0.6 is 11.3 Å². The van der Waals surface area contributed by atoms with Gasteiger partial charge in [-0.1, -0.05) is 0 Å². The maximum absolute atomic E-state index is 14.3. The van der Waals surface area contributed by atoms with Gasteiger partial charge in [0.1, 0.15) is 16.5 Å². The van der Waals surface area contributed by atoms with Crippen LogP contribution in [0.4, 0.5) is 22.0 Å². The Bertz CT molecular complexity index is 1600. The van der Waals surface area contributed by atoms with Crippen LogP contribution in [0.3, 0.4) is 0 Å². The lowest BCUT2D eigenvalue weighted by molar-refractivity contribution is 0.0736. The summed E-state index contributed by atoms with van der Waals surface area (Å²) >= 11 is 1.04. The highest BCUT2D eigenvalue weighted by molar-refractivity contribution is 7.18. The minimum atomic E-state index is -1.68. The zero-order chi connectivity index (χ0) is 24.3. The molecule has 0 spiro atoms. The average molecular weight is 493 g/mol. The normalized spacial score (nSPS) is 13.4. The van der Waals surface area contributed by atoms with Crippen LogP contribution in [0.15, 0.2) is 39.9 Å². The van der Waals surface area contributed by atoms with Gasteiger partial charge in [0.2, 0.25) is 0 Å². The van der Waals surface area contributed by atoms with E-state index in [1.54, 1.807) is 0 Å². The Kier molecular flexibility index (Phi) is 5.12. The molecule has 2 aromatic heterocycles. The predicted octanol–water partition coefficient (Wildman–Crippen LogP) is 3.63. The maximum Gasteiger partial charge on any atom is 0.334 e. The van der Waals surface area contributed by atoms with Crippen LogP contribution in [-0.2, 0) is 13.0 Å². The van der Waals surface area contributed by atoms with Crippen LogP contribution in [0.1, 0.15) is 20.8 Å². The molecule has 174 valence electrons. The van der Waals surface area contributed by atoms with Crippen molar-refractivity contribution < 1.29 is 26.7 Å². The third-order valence-electron chi connectivity index (χ3n) is 5.57. The second-order valence-electron chi connectivity index (χ2n) is 7.60. The molecule has 5 rings (SSSR count). The van der Waals surface area contributed by atoms with E-state index in [1.807, 2.05) is 0 Å². The summed E-state index contributed by atoms with van der Waals surface area (Å²) in [5.41, 5.74) is -1.97. The molecule has 0 fully saturated rings. The molecule has 34 heavy (non-hydrogen) atoms. The number of carbonyl (C=O) groups excluding carboxylic acids is 1. The molecular weight excluding hydrogens is 481 g/mol. The van der Waals surface area contributed by atoms with Gasteiger partial charge in [-0.3, -0.25) is 14.6 Å². The Morgan fingerprint density at radius 3 is 2.35 bits per heavy atom. The molecule has 6 nitrogen and oxygen atoms in total. The minimum Gasteiger partial charge on any atom is -0.333 e. The molecular formula is C22H12F5N3O3S. The molecule has 1 amide bonds. The molecule has 0 aliphatic carbocycles. The summed E-state index contributed by atoms with van der Waals surface area (Å²) in [4.78, 5) is 43.0. The standard InChI is InChI=1S/C22H12F5N3O3S/c23-10-1-2-15(12(24)7-10)30-21(32)17-11-3-4-29(8-16(11)34-19(17)28-22(30)33)20(31)9-5-13(25)18(27)14(26)6-9/h1-2,5-7H,3-4,8H2,(H,28,33). The quantitative estimate of drug-likeness (QED) is 0.342. The maximum atomic E-state index is 14.3. The van der Waals surface area contributed by atoms with E-state index in [0.717, 1.165) is 23.5 Å². The van der Waals surface area contributed by atoms with Crippen molar-refractivity contribution in [1.29, 1.82) is 0 Å². The highest BCUT2D eigenvalue weighted by Crippen LogP contribution is 2.33. The first-order valence-electron chi connectivity index (χ1n) is 9.84. The van der Waals surface area contributed by atoms with E-state index in [2.05, 4.69) is 4.98 Å². The van der Waals surface area contributed by atoms with Gasteiger partial charge in [-0.05, 0) is 36.2 Å². The first-order valence-corrected chi connectivity index (χ1v) is 10.7. The van der Waals surface area contributed by atoms with Gasteiger partial charge in [-0.2, -0.15) is 0 Å². The molecule has 12 heteroatoms. The molecule has 0 radical (unpaired) electrons. The Hall–Kier alpha value is -3.80. The Morgan fingerprint density at radius 1 is 0.971 bits per heavy atom. The van der Waals surface area contributed by atoms with Crippen LogP contribution < -0.4 is 11.2 Å². The number of benzene rings is 2. The summed E-state index contributed by atoms with van der Waals surface area (Å²) in [6.45, 7) is 0.0439. The fourth-order valence-electron chi connectivity index (χ4n) is 3.99. The van der Waals surface area contributed by atoms with Gasteiger partial charge >= 0.3 is 5.69 Å². The van der Waals surface area contributed by atoms with Gasteiger partial charge in [-0.25, -0.2) is 31.3 Å². The number of nitrogens with zero attached hydrogens (tertiary/aromatic N) is 2. The summed E-state index contributed by atoms with van der Waals surface area (Å²) in [6, 6.07) is 3.66. The molecule has 1 aliphatic rings. The molecule has 1 aliphatic heterocycles. The monoisotopic (exact) mass is 493 g/mol. The molecule has 0 unspecified atom stereocenters. The lowest BCUT2D eigenvalue weighted by Gasteiger charge is -2.27. The van der Waals surface area contributed by atoms with E-state index in [9.17, 15) is 36.3 Å². The third kappa shape index (κ3) is 3.41. The van der Waals surface area contributed by atoms with Crippen molar-refractivity contribution in [3.63, 3.8) is 0 Å². The number of carbonyl (C=O) groups is 1. The topological polar surface area (TPSA) is 75.2 Å². The number of aromatic amines is 1. The predicted molar refractivity (Wildman–Crippen MR) is 113 cm³/mol. The van der Waals surface area contributed by atoms with Crippen LogP contribution in [-0.4, -0.2) is 26.9 Å². The third-order valence-corrected chi connectivity index (χ3v) is 6.70. The lowest BCUT2D eigenvalue weighted by Crippen LogP contribution is -2.37. The number of hydrogen-bond donors (Lipinski definition) is 1. The Labute approximate surface area is 190 Å². The van der Waals surface area contributed by atoms with Crippen molar-refractivity contribution in [2.24, 2.45) is 0 Å². The van der Waals surface area contributed by atoms with Crippen molar-refractivity contribution in [3.05, 3.63) is 96.3 Å². The second-order valence-corrected chi connectivity index (χ2v) is 8.71. The molecule has 0 atom stereocenters. The van der Waals surface area contributed by atoms with Crippen LogP contribution in [0, 0.1) is 29.1 Å². The number of H-pyrrole nitrogens is 1. The number of hydrogen-bond acceptors (Lipinski definition) is 4. The van der Waals surface area contributed by atoms with Gasteiger partial charge in [-0.15, -0.1) is 11.3 Å². The van der Waals surface area contributed by atoms with Crippen LogP contribution in [0.2, 0.25) is 0 Å². The Morgan fingerprint density at radius 2 is 1.68 bits per heavy atom. The van der Waals surface area contributed by atoms with Crippen molar-refractivity contribution in [2.75, 3.05) is 6.54 Å². The minimum absolute atomic E-state index is 0.0273. The van der Waals surface area contributed by atoms with Crippen LogP contribution in [0.5, 0.6) is 0 Å². The summed E-state index contributed by atoms with van der Waals surface area (Å²) in [5.74, 6) is -7.36. The molecule has 1 N–H and O–H groups in total. The van der Waals surface area contributed by atoms with E-state index >= 15 is 0 Å². The van der Waals surface area contributed by atoms with E-state index in [-0.39, 0.29) is 35.3 Å². The van der Waals surface area contributed by atoms with Crippen molar-refractivity contribution in [1.82, 2.24) is 14.5 Å². The summed E-state index contributed by atoms with van der Waals surface area (Å²) in [6.07, 6.45) is 0.167. The smallest absolute Gasteiger partial charge is 0.333 e. The number of thiophene rings is 1. The first-order chi connectivity index (χ1) is 16.2. The second kappa shape index (κ2) is 7.90. The van der Waals surface area contributed by atoms with E-state index in [4.69, 9.17) is 0 Å². The largest absolute Gasteiger partial charge is 0.334 e. The van der Waals surface area contributed by atoms with Crippen molar-refractivity contribution in [3.8, 4) is 5.69 Å². The number of nitrogens with one attached hydrogen (secondary N) is 1. The molecule has 0 bridgehead atoms. The van der Waals surface area contributed by atoms with Gasteiger partial charge < -0.3 is 4.90 Å². The Balaban J connectivity index is 1.56. The van der Waals surface area contributed by atoms with E-state index < -0.39 is 51.9 Å². The summed E-state index contributed by atoms with van der Waals surface area (Å²) < 4.78 is 68.5. The van der Waals surface area contributed by atoms with Gasteiger partial charge in [0.15, 0.2) is 17.5 Å². The first kappa shape index (κ1) is 22.0. The zero-order valence-electron chi connectivity index (χ0n) is 16.9. The fraction of sp³-hybridized carbons (Fsp3) is 0.136. The van der Waals surface area contributed by atoms with E-state index in [0.29, 0.717) is 33.2 Å². The van der Waals surface area contributed by atoms with Crippen molar-refractivity contribution in [2.45, 2.75) is 13.0 Å². The lowest BCUT2D eigenvalue weighted by atomic mass is 10.0. The highest BCUT2D eigenvalue weighted by Gasteiger charge is 2.29. The number of amides is 1. The SMILES string of the molecule is O=C(c1cc(F)c(F)c(F)c1)N1CCc2c(sc3[nH]c(=O)n(-c4ccc(F)cc4F)c(=O)c23)C1. The molecule has 0 saturated heterocycles. The number of rotatable bonds is 2. The summed E-state index contributed by atoms with van der Waals surface area (Å²) in [7, 11) is 0. The molecule has 2 aromatic carbocycles. The van der Waals surface area contributed by atoms with E-state index in [1.165, 1.54) is 4.90 Å². The zero-order valence-corrected chi connectivity index (χ0v) is 17.7. The van der Waals surface area contributed by atoms with Crippen molar-refractivity contribution >= 4 is 27.5 Å². The van der Waals surface area contributed by atoms with Gasteiger partial charge in [0.25, 0.3) is 11.5 Å². The summed E-state index contributed by atoms with van der Waals surface area (Å²) in [5, 5.41) is 0.134. The number of fused-ring (bicyclic) bond motifs is 3. The fourth-order valence-corrected chi connectivity index (χ4v) is 5.24.